The third kappa shape index (κ3) is 6.45. The van der Waals surface area contributed by atoms with Crippen LogP contribution in [-0.2, 0) is 4.74 Å². The summed E-state index contributed by atoms with van der Waals surface area (Å²) in [6.07, 6.45) is 0.816. The molecule has 0 aliphatic carbocycles. The lowest BCUT2D eigenvalue weighted by molar-refractivity contribution is 0.145. The van der Waals surface area contributed by atoms with Crippen LogP contribution in [0.4, 0.5) is 4.79 Å². The number of rotatable bonds is 7. The molecule has 1 rings (SSSR count). The van der Waals surface area contributed by atoms with E-state index in [1.54, 1.807) is 0 Å². The second-order valence-electron chi connectivity index (χ2n) is 4.22. The summed E-state index contributed by atoms with van der Waals surface area (Å²) in [5, 5.41) is 6.36. The lowest BCUT2D eigenvalue weighted by Crippen LogP contribution is -2.37. The van der Waals surface area contributed by atoms with Gasteiger partial charge in [0.15, 0.2) is 0 Å². The SMILES string of the molecule is CCOCCCNC(=O)N[C@H](C)c1ccc(Cl)cc1. The van der Waals surface area contributed by atoms with Crippen LogP contribution in [0.15, 0.2) is 24.3 Å². The first-order valence-electron chi connectivity index (χ1n) is 6.51. The number of nitrogens with one attached hydrogen (secondary N) is 2. The first-order valence-corrected chi connectivity index (χ1v) is 6.89. The van der Waals surface area contributed by atoms with E-state index in [0.29, 0.717) is 24.8 Å². The molecular formula is C14H21ClN2O2. The van der Waals surface area contributed by atoms with Gasteiger partial charge in [-0.1, -0.05) is 23.7 Å². The van der Waals surface area contributed by atoms with Gasteiger partial charge in [0.2, 0.25) is 0 Å². The van der Waals surface area contributed by atoms with Gasteiger partial charge in [-0.05, 0) is 38.0 Å². The molecule has 0 fully saturated rings. The van der Waals surface area contributed by atoms with Crippen LogP contribution in [0.5, 0.6) is 0 Å². The molecule has 2 N–H and O–H groups in total. The Morgan fingerprint density at radius 3 is 2.68 bits per heavy atom. The van der Waals surface area contributed by atoms with Crippen LogP contribution in [0, 0.1) is 0 Å². The minimum absolute atomic E-state index is 0.0517. The molecule has 4 nitrogen and oxygen atoms in total. The molecule has 1 aromatic rings. The Labute approximate surface area is 119 Å². The summed E-state index contributed by atoms with van der Waals surface area (Å²) >= 11 is 5.82. The average Bonchev–Trinajstić information content (AvgIpc) is 2.39. The van der Waals surface area contributed by atoms with E-state index >= 15 is 0 Å². The van der Waals surface area contributed by atoms with Crippen molar-refractivity contribution in [3.63, 3.8) is 0 Å². The topological polar surface area (TPSA) is 50.4 Å². The molecule has 0 aromatic heterocycles. The van der Waals surface area contributed by atoms with Crippen molar-refractivity contribution in [2.45, 2.75) is 26.3 Å². The molecule has 106 valence electrons. The highest BCUT2D eigenvalue weighted by atomic mass is 35.5. The van der Waals surface area contributed by atoms with Crippen molar-refractivity contribution >= 4 is 17.6 Å². The summed E-state index contributed by atoms with van der Waals surface area (Å²) in [5.41, 5.74) is 1.02. The quantitative estimate of drug-likeness (QED) is 0.756. The van der Waals surface area contributed by atoms with Crippen LogP contribution in [0.1, 0.15) is 31.9 Å². The smallest absolute Gasteiger partial charge is 0.315 e. The molecule has 0 saturated heterocycles. The number of ether oxygens (including phenoxy) is 1. The molecular weight excluding hydrogens is 264 g/mol. The van der Waals surface area contributed by atoms with Crippen LogP contribution in [0.3, 0.4) is 0 Å². The number of hydrogen-bond acceptors (Lipinski definition) is 2. The van der Waals surface area contributed by atoms with Crippen LogP contribution >= 0.6 is 11.6 Å². The molecule has 0 aliphatic heterocycles. The van der Waals surface area contributed by atoms with Crippen molar-refractivity contribution in [3.05, 3.63) is 34.9 Å². The van der Waals surface area contributed by atoms with Crippen LogP contribution in [-0.4, -0.2) is 25.8 Å². The second kappa shape index (κ2) is 8.77. The Balaban J connectivity index is 2.26. The zero-order valence-corrected chi connectivity index (χ0v) is 12.2. The Morgan fingerprint density at radius 1 is 1.37 bits per heavy atom. The van der Waals surface area contributed by atoms with Crippen molar-refractivity contribution in [2.24, 2.45) is 0 Å². The Hall–Kier alpha value is -1.26. The Morgan fingerprint density at radius 2 is 2.05 bits per heavy atom. The van der Waals surface area contributed by atoms with E-state index in [-0.39, 0.29) is 12.1 Å². The molecule has 2 amide bonds. The summed E-state index contributed by atoms with van der Waals surface area (Å²) in [6, 6.07) is 7.22. The van der Waals surface area contributed by atoms with E-state index in [0.717, 1.165) is 12.0 Å². The maximum Gasteiger partial charge on any atom is 0.315 e. The third-order valence-electron chi connectivity index (χ3n) is 2.67. The average molecular weight is 285 g/mol. The summed E-state index contributed by atoms with van der Waals surface area (Å²) in [7, 11) is 0. The molecule has 1 atom stereocenters. The van der Waals surface area contributed by atoms with E-state index in [4.69, 9.17) is 16.3 Å². The van der Waals surface area contributed by atoms with E-state index in [9.17, 15) is 4.79 Å². The van der Waals surface area contributed by atoms with Gasteiger partial charge in [-0.2, -0.15) is 0 Å². The first kappa shape index (κ1) is 15.8. The molecule has 1 aromatic carbocycles. The minimum Gasteiger partial charge on any atom is -0.382 e. The maximum atomic E-state index is 11.6. The van der Waals surface area contributed by atoms with Gasteiger partial charge in [0, 0.05) is 24.8 Å². The van der Waals surface area contributed by atoms with E-state index < -0.39 is 0 Å². The van der Waals surface area contributed by atoms with Gasteiger partial charge >= 0.3 is 6.03 Å². The molecule has 0 unspecified atom stereocenters. The van der Waals surface area contributed by atoms with Gasteiger partial charge in [-0.25, -0.2) is 4.79 Å². The van der Waals surface area contributed by atoms with Crippen molar-refractivity contribution in [3.8, 4) is 0 Å². The molecule has 19 heavy (non-hydrogen) atoms. The van der Waals surface area contributed by atoms with Gasteiger partial charge in [-0.3, -0.25) is 0 Å². The normalized spacial score (nSPS) is 11.9. The fourth-order valence-electron chi connectivity index (χ4n) is 1.60. The molecule has 0 heterocycles. The molecule has 0 spiro atoms. The monoisotopic (exact) mass is 284 g/mol. The van der Waals surface area contributed by atoms with Crippen molar-refractivity contribution in [2.75, 3.05) is 19.8 Å². The lowest BCUT2D eigenvalue weighted by Gasteiger charge is -2.15. The molecule has 0 radical (unpaired) electrons. The highest BCUT2D eigenvalue weighted by Crippen LogP contribution is 2.15. The van der Waals surface area contributed by atoms with Gasteiger partial charge in [0.1, 0.15) is 0 Å². The maximum absolute atomic E-state index is 11.6. The van der Waals surface area contributed by atoms with E-state index in [2.05, 4.69) is 10.6 Å². The van der Waals surface area contributed by atoms with E-state index in [1.807, 2.05) is 38.1 Å². The van der Waals surface area contributed by atoms with Crippen LogP contribution < -0.4 is 10.6 Å². The summed E-state index contributed by atoms with van der Waals surface area (Å²) < 4.78 is 5.19. The predicted octanol–water partition coefficient (Wildman–Crippen LogP) is 3.13. The molecule has 0 aliphatic rings. The van der Waals surface area contributed by atoms with Crippen LogP contribution in [0.2, 0.25) is 5.02 Å². The summed E-state index contributed by atoms with van der Waals surface area (Å²) in [4.78, 5) is 11.6. The van der Waals surface area contributed by atoms with Crippen molar-refractivity contribution < 1.29 is 9.53 Å². The van der Waals surface area contributed by atoms with Gasteiger partial charge < -0.3 is 15.4 Å². The van der Waals surface area contributed by atoms with Gasteiger partial charge in [0.25, 0.3) is 0 Å². The third-order valence-corrected chi connectivity index (χ3v) is 2.92. The zero-order valence-electron chi connectivity index (χ0n) is 11.4. The fraction of sp³-hybridized carbons (Fsp3) is 0.500. The van der Waals surface area contributed by atoms with E-state index in [1.165, 1.54) is 0 Å². The fourth-order valence-corrected chi connectivity index (χ4v) is 1.73. The molecule has 0 bridgehead atoms. The summed E-state index contributed by atoms with van der Waals surface area (Å²) in [6.45, 7) is 5.87. The van der Waals surface area contributed by atoms with Crippen molar-refractivity contribution in [1.29, 1.82) is 0 Å². The van der Waals surface area contributed by atoms with Crippen molar-refractivity contribution in [1.82, 2.24) is 10.6 Å². The minimum atomic E-state index is -0.168. The number of amides is 2. The second-order valence-corrected chi connectivity index (χ2v) is 4.66. The lowest BCUT2D eigenvalue weighted by atomic mass is 10.1. The number of hydrogen-bond donors (Lipinski definition) is 2. The number of halogens is 1. The molecule has 5 heteroatoms. The number of carbonyl (C=O) groups excluding carboxylic acids is 1. The zero-order chi connectivity index (χ0) is 14.1. The largest absolute Gasteiger partial charge is 0.382 e. The highest BCUT2D eigenvalue weighted by molar-refractivity contribution is 6.30. The van der Waals surface area contributed by atoms with Crippen LogP contribution in [0.25, 0.3) is 0 Å². The number of urea groups is 1. The standard InChI is InChI=1S/C14H21ClN2O2/c1-3-19-10-4-9-16-14(18)17-11(2)12-5-7-13(15)8-6-12/h5-8,11H,3-4,9-10H2,1-2H3,(H2,16,17,18)/t11-/m1/s1. The predicted molar refractivity (Wildman–Crippen MR) is 77.5 cm³/mol. The van der Waals surface area contributed by atoms with Gasteiger partial charge in [-0.15, -0.1) is 0 Å². The number of benzene rings is 1. The first-order chi connectivity index (χ1) is 9.13. The Bertz CT molecular complexity index is 382. The molecule has 0 saturated carbocycles. The highest BCUT2D eigenvalue weighted by Gasteiger charge is 2.08. The number of carbonyl (C=O) groups is 1. The Kier molecular flexibility index (Phi) is 7.30. The summed E-state index contributed by atoms with van der Waals surface area (Å²) in [5.74, 6) is 0. The van der Waals surface area contributed by atoms with Gasteiger partial charge in [0.05, 0.1) is 6.04 Å².